The lowest BCUT2D eigenvalue weighted by Gasteiger charge is -2.01. The van der Waals surface area contributed by atoms with Crippen LogP contribution in [-0.2, 0) is 9.53 Å². The fourth-order valence-corrected chi connectivity index (χ4v) is 2.91. The molecule has 0 atom stereocenters. The molecule has 0 aliphatic carbocycles. The highest BCUT2D eigenvalue weighted by atomic mass is 79.9. The zero-order chi connectivity index (χ0) is 21.1. The molecule has 8 nitrogen and oxygen atoms in total. The van der Waals surface area contributed by atoms with Crippen LogP contribution in [0.5, 0.6) is 0 Å². The van der Waals surface area contributed by atoms with E-state index in [0.29, 0.717) is 17.0 Å². The quantitative estimate of drug-likeness (QED) is 0.366. The second-order valence-corrected chi connectivity index (χ2v) is 6.79. The average Bonchev–Trinajstić information content (AvgIpc) is 3.29. The van der Waals surface area contributed by atoms with Crippen molar-refractivity contribution >= 4 is 33.6 Å². The molecule has 2 heterocycles. The molecule has 0 aliphatic heterocycles. The summed E-state index contributed by atoms with van der Waals surface area (Å²) in [5.41, 5.74) is 6.46. The predicted molar refractivity (Wildman–Crippen MR) is 106 cm³/mol. The van der Waals surface area contributed by atoms with Crippen molar-refractivity contribution in [1.82, 2.24) is 9.72 Å². The van der Waals surface area contributed by atoms with Gasteiger partial charge >= 0.3 is 5.97 Å². The third kappa shape index (κ3) is 4.12. The van der Waals surface area contributed by atoms with Gasteiger partial charge in [-0.05, 0) is 25.1 Å². The second-order valence-electron chi connectivity index (χ2n) is 5.88. The Labute approximate surface area is 173 Å². The Kier molecular flexibility index (Phi) is 5.66. The van der Waals surface area contributed by atoms with Crippen molar-refractivity contribution in [3.8, 4) is 23.2 Å². The summed E-state index contributed by atoms with van der Waals surface area (Å²) in [6, 6.07) is 11.0. The van der Waals surface area contributed by atoms with E-state index in [1.807, 2.05) is 12.1 Å². The fraction of sp³-hybridized carbons (Fsp3) is 0.100. The van der Waals surface area contributed by atoms with Crippen LogP contribution in [0.15, 0.2) is 45.5 Å². The van der Waals surface area contributed by atoms with Crippen LogP contribution < -0.4 is 5.73 Å². The van der Waals surface area contributed by atoms with Gasteiger partial charge in [-0.25, -0.2) is 4.79 Å². The Morgan fingerprint density at radius 1 is 1.24 bits per heavy atom. The van der Waals surface area contributed by atoms with Crippen LogP contribution in [0.25, 0.3) is 11.3 Å². The van der Waals surface area contributed by atoms with Crippen molar-refractivity contribution in [3.05, 3.63) is 63.6 Å². The summed E-state index contributed by atoms with van der Waals surface area (Å²) in [5.74, 6) is 0.414. The Morgan fingerprint density at radius 3 is 2.55 bits per heavy atom. The molecular formula is C20H14BrN3O5. The number of aromatic nitrogens is 2. The number of aryl methyl sites for hydroxylation is 1. The van der Waals surface area contributed by atoms with E-state index in [1.54, 1.807) is 19.1 Å². The molecule has 0 spiro atoms. The highest BCUT2D eigenvalue weighted by Gasteiger charge is 2.25. The molecule has 0 saturated carbocycles. The fourth-order valence-electron chi connectivity index (χ4n) is 2.65. The summed E-state index contributed by atoms with van der Waals surface area (Å²) >= 11 is 3.36. The first-order chi connectivity index (χ1) is 13.8. The number of amides is 1. The maximum atomic E-state index is 13.2. The minimum absolute atomic E-state index is 0.0242. The Balaban J connectivity index is 2.09. The Morgan fingerprint density at radius 2 is 1.93 bits per heavy atom. The Bertz CT molecular complexity index is 1180. The van der Waals surface area contributed by atoms with Gasteiger partial charge in [-0.1, -0.05) is 33.2 Å². The normalized spacial score (nSPS) is 10.2. The molecule has 2 aromatic heterocycles. The number of nitrogens with two attached hydrogens (primary N) is 1. The molecule has 2 N–H and O–H groups in total. The van der Waals surface area contributed by atoms with E-state index >= 15 is 0 Å². The Hall–Kier alpha value is -3.64. The third-order valence-electron chi connectivity index (χ3n) is 3.98. The molecule has 9 heteroatoms. The summed E-state index contributed by atoms with van der Waals surface area (Å²) in [7, 11) is 1.19. The number of methoxy groups -OCH3 is 1. The van der Waals surface area contributed by atoms with Gasteiger partial charge in [0.15, 0.2) is 5.78 Å². The number of carbonyl (C=O) groups is 3. The predicted octanol–water partition coefficient (Wildman–Crippen LogP) is 2.53. The van der Waals surface area contributed by atoms with E-state index in [2.05, 4.69) is 33.1 Å². The van der Waals surface area contributed by atoms with Crippen molar-refractivity contribution in [2.24, 2.45) is 5.73 Å². The number of esters is 1. The minimum atomic E-state index is -0.880. The number of primary amides is 1. The maximum Gasteiger partial charge on any atom is 0.355 e. The number of carbonyl (C=O) groups excluding carboxylic acids is 3. The van der Waals surface area contributed by atoms with Crippen LogP contribution in [-0.4, -0.2) is 34.5 Å². The highest BCUT2D eigenvalue weighted by Crippen LogP contribution is 2.29. The number of rotatable bonds is 4. The standard InChI is InChI=1S/C20H14BrN3O5/c1-11-17(18(23-29-11)12-3-5-14(21)6-4-12)19(26)13-9-15(20(27)28-2)24(10-13)8-7-16(22)25/h3-6,9-10H,1-2H3,(H2,22,25). The monoisotopic (exact) mass is 455 g/mol. The number of hydrogen-bond acceptors (Lipinski definition) is 6. The summed E-state index contributed by atoms with van der Waals surface area (Å²) in [6.07, 6.45) is 1.32. The van der Waals surface area contributed by atoms with Gasteiger partial charge in [0.1, 0.15) is 17.1 Å². The van der Waals surface area contributed by atoms with E-state index in [4.69, 9.17) is 15.0 Å². The molecule has 1 amide bonds. The summed E-state index contributed by atoms with van der Waals surface area (Å²) < 4.78 is 11.9. The van der Waals surface area contributed by atoms with Crippen molar-refractivity contribution in [2.75, 3.05) is 7.11 Å². The van der Waals surface area contributed by atoms with Gasteiger partial charge in [0.2, 0.25) is 0 Å². The van der Waals surface area contributed by atoms with E-state index in [-0.39, 0.29) is 16.8 Å². The molecule has 3 aromatic rings. The summed E-state index contributed by atoms with van der Waals surface area (Å²) in [4.78, 5) is 36.2. The largest absolute Gasteiger partial charge is 0.464 e. The van der Waals surface area contributed by atoms with Crippen LogP contribution in [0.4, 0.5) is 0 Å². The molecule has 0 aliphatic rings. The van der Waals surface area contributed by atoms with Crippen LogP contribution >= 0.6 is 15.9 Å². The maximum absolute atomic E-state index is 13.2. The van der Waals surface area contributed by atoms with Crippen LogP contribution in [0, 0.1) is 18.9 Å². The SMILES string of the molecule is COC(=O)c1cc(C(=O)c2c(-c3ccc(Br)cc3)noc2C)cn1C#CC(N)=O. The van der Waals surface area contributed by atoms with Gasteiger partial charge < -0.3 is 15.0 Å². The van der Waals surface area contributed by atoms with E-state index in [0.717, 1.165) is 9.04 Å². The number of halogens is 1. The first-order valence-corrected chi connectivity index (χ1v) is 9.00. The molecule has 0 radical (unpaired) electrons. The topological polar surface area (TPSA) is 117 Å². The van der Waals surface area contributed by atoms with Crippen molar-refractivity contribution in [1.29, 1.82) is 0 Å². The zero-order valence-corrected chi connectivity index (χ0v) is 16.9. The van der Waals surface area contributed by atoms with Gasteiger partial charge in [-0.3, -0.25) is 14.2 Å². The number of ketones is 1. The second kappa shape index (κ2) is 8.16. The first-order valence-electron chi connectivity index (χ1n) is 8.21. The number of benzene rings is 1. The third-order valence-corrected chi connectivity index (χ3v) is 4.51. The van der Waals surface area contributed by atoms with E-state index < -0.39 is 17.7 Å². The van der Waals surface area contributed by atoms with E-state index in [1.165, 1.54) is 19.4 Å². The van der Waals surface area contributed by atoms with Crippen molar-refractivity contribution < 1.29 is 23.6 Å². The van der Waals surface area contributed by atoms with Crippen LogP contribution in [0.2, 0.25) is 0 Å². The summed E-state index contributed by atoms with van der Waals surface area (Å²) in [5, 5.41) is 4.00. The van der Waals surface area contributed by atoms with Gasteiger partial charge in [-0.2, -0.15) is 0 Å². The number of nitrogens with zero attached hydrogens (tertiary/aromatic N) is 2. The van der Waals surface area contributed by atoms with Gasteiger partial charge in [0.05, 0.1) is 12.7 Å². The van der Waals surface area contributed by atoms with Gasteiger partial charge in [-0.15, -0.1) is 0 Å². The zero-order valence-electron chi connectivity index (χ0n) is 15.4. The lowest BCUT2D eigenvalue weighted by molar-refractivity contribution is -0.112. The lowest BCUT2D eigenvalue weighted by Crippen LogP contribution is -2.09. The number of ether oxygens (including phenoxy) is 1. The molecule has 0 fully saturated rings. The molecule has 29 heavy (non-hydrogen) atoms. The van der Waals surface area contributed by atoms with E-state index in [9.17, 15) is 14.4 Å². The highest BCUT2D eigenvalue weighted by molar-refractivity contribution is 9.10. The van der Waals surface area contributed by atoms with Gasteiger partial charge in [0, 0.05) is 33.8 Å². The molecule has 0 saturated heterocycles. The molecule has 146 valence electrons. The summed E-state index contributed by atoms with van der Waals surface area (Å²) in [6.45, 7) is 1.62. The first kappa shape index (κ1) is 20.1. The van der Waals surface area contributed by atoms with Crippen LogP contribution in [0.3, 0.4) is 0 Å². The molecular weight excluding hydrogens is 442 g/mol. The van der Waals surface area contributed by atoms with Crippen LogP contribution in [0.1, 0.15) is 32.2 Å². The minimum Gasteiger partial charge on any atom is -0.464 e. The smallest absolute Gasteiger partial charge is 0.355 e. The number of hydrogen-bond donors (Lipinski definition) is 1. The van der Waals surface area contributed by atoms with Crippen molar-refractivity contribution in [3.63, 3.8) is 0 Å². The van der Waals surface area contributed by atoms with Gasteiger partial charge in [0.25, 0.3) is 5.91 Å². The molecule has 3 rings (SSSR count). The van der Waals surface area contributed by atoms with Crippen molar-refractivity contribution in [2.45, 2.75) is 6.92 Å². The average molecular weight is 456 g/mol. The molecule has 1 aromatic carbocycles. The molecule has 0 unspecified atom stereocenters. The lowest BCUT2D eigenvalue weighted by atomic mass is 10.00. The molecule has 0 bridgehead atoms.